The second kappa shape index (κ2) is 9.97. The summed E-state index contributed by atoms with van der Waals surface area (Å²) in [5.41, 5.74) is 0.617. The number of aliphatic hydroxyl groups is 1. The van der Waals surface area contributed by atoms with Gasteiger partial charge < -0.3 is 24.1 Å². The van der Waals surface area contributed by atoms with E-state index in [1.807, 2.05) is 0 Å². The molecule has 0 unspecified atom stereocenters. The number of hydrogen-bond donors (Lipinski definition) is 1. The lowest BCUT2D eigenvalue weighted by Gasteiger charge is -2.39. The Bertz CT molecular complexity index is 822. The van der Waals surface area contributed by atoms with Gasteiger partial charge in [0.05, 0.1) is 24.3 Å². The van der Waals surface area contributed by atoms with Gasteiger partial charge in [0.15, 0.2) is 18.5 Å². The summed E-state index contributed by atoms with van der Waals surface area (Å²) in [4.78, 5) is 25.1. The van der Waals surface area contributed by atoms with Crippen molar-refractivity contribution >= 4 is 11.9 Å². The number of carbonyl (C=O) groups excluding carboxylic acids is 2. The van der Waals surface area contributed by atoms with Crippen LogP contribution in [0.4, 0.5) is 0 Å². The van der Waals surface area contributed by atoms with Gasteiger partial charge in [0, 0.05) is 0 Å². The summed E-state index contributed by atoms with van der Waals surface area (Å²) in [6.45, 7) is 3.56. The van der Waals surface area contributed by atoms with Crippen molar-refractivity contribution in [1.29, 1.82) is 0 Å². The molecule has 2 aromatic rings. The second-order valence-corrected chi connectivity index (χ2v) is 6.36. The normalized spacial score (nSPS) is 23.8. The van der Waals surface area contributed by atoms with E-state index in [9.17, 15) is 14.7 Å². The van der Waals surface area contributed by atoms with Gasteiger partial charge in [0.2, 0.25) is 0 Å². The number of esters is 2. The van der Waals surface area contributed by atoms with E-state index in [0.29, 0.717) is 11.1 Å². The number of benzene rings is 2. The monoisotopic (exact) mass is 398 g/mol. The largest absolute Gasteiger partial charge is 0.452 e. The first-order valence-corrected chi connectivity index (χ1v) is 9.14. The Morgan fingerprint density at radius 1 is 0.966 bits per heavy atom. The highest BCUT2D eigenvalue weighted by molar-refractivity contribution is 5.90. The van der Waals surface area contributed by atoms with Gasteiger partial charge >= 0.3 is 11.9 Å². The van der Waals surface area contributed by atoms with Crippen molar-refractivity contribution in [1.82, 2.24) is 0 Å². The molecule has 0 amide bonds. The van der Waals surface area contributed by atoms with Crippen LogP contribution in [0.25, 0.3) is 0 Å². The molecule has 1 heterocycles. The Labute approximate surface area is 168 Å². The van der Waals surface area contributed by atoms with Crippen molar-refractivity contribution < 1.29 is 33.6 Å². The summed E-state index contributed by atoms with van der Waals surface area (Å²) >= 11 is 0. The highest BCUT2D eigenvalue weighted by Gasteiger charge is 2.46. The van der Waals surface area contributed by atoms with E-state index in [1.165, 1.54) is 6.08 Å². The lowest BCUT2D eigenvalue weighted by Crippen LogP contribution is -2.57. The topological polar surface area (TPSA) is 91.3 Å². The summed E-state index contributed by atoms with van der Waals surface area (Å²) in [5, 5.41) is 10.4. The average Bonchev–Trinajstić information content (AvgIpc) is 2.76. The molecular weight excluding hydrogens is 376 g/mol. The van der Waals surface area contributed by atoms with Crippen LogP contribution in [0.3, 0.4) is 0 Å². The minimum absolute atomic E-state index is 0.125. The van der Waals surface area contributed by atoms with Gasteiger partial charge in [-0.3, -0.25) is 0 Å². The number of carbonyl (C=O) groups is 2. The molecule has 4 atom stereocenters. The number of hydrogen-bond acceptors (Lipinski definition) is 7. The highest BCUT2D eigenvalue weighted by atomic mass is 16.7. The lowest BCUT2D eigenvalue weighted by molar-refractivity contribution is -0.265. The van der Waals surface area contributed by atoms with E-state index in [0.717, 1.165) is 0 Å². The Morgan fingerprint density at radius 3 is 2.00 bits per heavy atom. The zero-order valence-corrected chi connectivity index (χ0v) is 15.7. The molecule has 1 saturated heterocycles. The van der Waals surface area contributed by atoms with Crippen LogP contribution in [-0.2, 0) is 18.9 Å². The van der Waals surface area contributed by atoms with Gasteiger partial charge in [0.1, 0.15) is 6.10 Å². The Morgan fingerprint density at radius 2 is 1.48 bits per heavy atom. The minimum atomic E-state index is -1.19. The summed E-state index contributed by atoms with van der Waals surface area (Å²) in [5.74, 6) is -1.30. The Kier molecular flexibility index (Phi) is 7.13. The maximum absolute atomic E-state index is 12.6. The zero-order valence-electron chi connectivity index (χ0n) is 15.7. The van der Waals surface area contributed by atoms with Gasteiger partial charge in [-0.2, -0.15) is 0 Å². The second-order valence-electron chi connectivity index (χ2n) is 6.36. The third-order valence-corrected chi connectivity index (χ3v) is 4.29. The van der Waals surface area contributed by atoms with Crippen molar-refractivity contribution in [3.8, 4) is 0 Å². The molecule has 1 aliphatic rings. The maximum atomic E-state index is 12.6. The van der Waals surface area contributed by atoms with Gasteiger partial charge in [-0.15, -0.1) is 6.58 Å². The summed E-state index contributed by atoms with van der Waals surface area (Å²) in [7, 11) is 0. The van der Waals surface area contributed by atoms with Gasteiger partial charge in [-0.25, -0.2) is 9.59 Å². The molecule has 2 aromatic carbocycles. The molecule has 152 valence electrons. The Hall–Kier alpha value is -3.00. The van der Waals surface area contributed by atoms with Gasteiger partial charge in [-0.1, -0.05) is 42.5 Å². The standard InChI is InChI=1S/C22H22O7/c1-2-13-26-22-19(29-21(25)16-11-7-4-8-12-16)18(17(23)14-27-22)28-20(24)15-9-5-3-6-10-15/h2-12,17-19,22-23H,1,13-14H2/t17-,18+,19-,22+/m1/s1. The summed E-state index contributed by atoms with van der Waals surface area (Å²) in [6, 6.07) is 16.7. The molecule has 0 bridgehead atoms. The summed E-state index contributed by atoms with van der Waals surface area (Å²) in [6.07, 6.45) is -3.05. The van der Waals surface area contributed by atoms with E-state index < -0.39 is 36.5 Å². The van der Waals surface area contributed by atoms with Crippen LogP contribution < -0.4 is 0 Å². The van der Waals surface area contributed by atoms with E-state index in [2.05, 4.69) is 6.58 Å². The van der Waals surface area contributed by atoms with Crippen LogP contribution in [-0.4, -0.2) is 54.9 Å². The molecule has 1 N–H and O–H groups in total. The quantitative estimate of drug-likeness (QED) is 0.565. The molecule has 0 aromatic heterocycles. The van der Waals surface area contributed by atoms with Crippen LogP contribution in [0.2, 0.25) is 0 Å². The minimum Gasteiger partial charge on any atom is -0.452 e. The zero-order chi connectivity index (χ0) is 20.6. The first-order valence-electron chi connectivity index (χ1n) is 9.14. The van der Waals surface area contributed by atoms with Crippen molar-refractivity contribution in [3.63, 3.8) is 0 Å². The molecule has 1 aliphatic heterocycles. The average molecular weight is 398 g/mol. The molecular formula is C22H22O7. The van der Waals surface area contributed by atoms with Gasteiger partial charge in [0.25, 0.3) is 0 Å². The molecule has 3 rings (SSSR count). The molecule has 0 saturated carbocycles. The van der Waals surface area contributed by atoms with Crippen molar-refractivity contribution in [2.75, 3.05) is 13.2 Å². The van der Waals surface area contributed by atoms with Crippen molar-refractivity contribution in [2.45, 2.75) is 24.6 Å². The predicted octanol–water partition coefficient (Wildman–Crippen LogP) is 2.36. The Balaban J connectivity index is 1.81. The smallest absolute Gasteiger partial charge is 0.338 e. The maximum Gasteiger partial charge on any atom is 0.338 e. The van der Waals surface area contributed by atoms with E-state index in [4.69, 9.17) is 18.9 Å². The van der Waals surface area contributed by atoms with E-state index in [-0.39, 0.29) is 13.2 Å². The molecule has 0 spiro atoms. The molecule has 0 aliphatic carbocycles. The molecule has 1 fully saturated rings. The van der Waals surface area contributed by atoms with Crippen LogP contribution >= 0.6 is 0 Å². The van der Waals surface area contributed by atoms with E-state index >= 15 is 0 Å². The van der Waals surface area contributed by atoms with Crippen molar-refractivity contribution in [2.24, 2.45) is 0 Å². The van der Waals surface area contributed by atoms with Crippen LogP contribution in [0.5, 0.6) is 0 Å². The first-order chi connectivity index (χ1) is 14.1. The summed E-state index contributed by atoms with van der Waals surface area (Å²) < 4.78 is 22.0. The molecule has 7 heteroatoms. The number of ether oxygens (including phenoxy) is 4. The van der Waals surface area contributed by atoms with E-state index in [1.54, 1.807) is 60.7 Å². The number of rotatable bonds is 7. The fourth-order valence-electron chi connectivity index (χ4n) is 2.86. The number of aliphatic hydroxyl groups excluding tert-OH is 1. The first kappa shape index (κ1) is 20.7. The SMILES string of the molecule is C=CCO[C@H]1OC[C@@H](O)[C@H](OC(=O)c2ccccc2)[C@H]1OC(=O)c1ccccc1. The van der Waals surface area contributed by atoms with Crippen LogP contribution in [0.15, 0.2) is 73.3 Å². The highest BCUT2D eigenvalue weighted by Crippen LogP contribution is 2.25. The van der Waals surface area contributed by atoms with Crippen LogP contribution in [0, 0.1) is 0 Å². The third-order valence-electron chi connectivity index (χ3n) is 4.29. The molecule has 7 nitrogen and oxygen atoms in total. The lowest BCUT2D eigenvalue weighted by atomic mass is 10.0. The van der Waals surface area contributed by atoms with Crippen LogP contribution in [0.1, 0.15) is 20.7 Å². The third kappa shape index (κ3) is 5.29. The van der Waals surface area contributed by atoms with Crippen molar-refractivity contribution in [3.05, 3.63) is 84.4 Å². The molecule has 29 heavy (non-hydrogen) atoms. The fourth-order valence-corrected chi connectivity index (χ4v) is 2.86. The molecule has 0 radical (unpaired) electrons. The fraction of sp³-hybridized carbons (Fsp3) is 0.273. The van der Waals surface area contributed by atoms with Gasteiger partial charge in [-0.05, 0) is 24.3 Å². The predicted molar refractivity (Wildman–Crippen MR) is 103 cm³/mol.